The summed E-state index contributed by atoms with van der Waals surface area (Å²) >= 11 is 0. The second-order valence-corrected chi connectivity index (χ2v) is 16.6. The first-order valence-corrected chi connectivity index (χ1v) is 23.7. The summed E-state index contributed by atoms with van der Waals surface area (Å²) < 4.78 is 0. The Bertz CT molecular complexity index is 2120. The summed E-state index contributed by atoms with van der Waals surface area (Å²) in [4.78, 5) is 54.5. The Morgan fingerprint density at radius 1 is 0.457 bits per heavy atom. The van der Waals surface area contributed by atoms with Gasteiger partial charge in [-0.2, -0.15) is 9.97 Å². The van der Waals surface area contributed by atoms with Gasteiger partial charge in [0.15, 0.2) is 11.6 Å². The van der Waals surface area contributed by atoms with Crippen molar-refractivity contribution in [1.82, 2.24) is 30.6 Å². The maximum absolute atomic E-state index is 13.4. The number of benzene rings is 2. The second-order valence-electron chi connectivity index (χ2n) is 16.6. The number of aromatic nitrogens is 4. The number of nitrogens with one attached hydrogen (secondary N) is 4. The summed E-state index contributed by atoms with van der Waals surface area (Å²) in [5.41, 5.74) is 1.98. The lowest BCUT2D eigenvalue weighted by atomic mass is 9.81. The molecule has 12 N–H and O–H groups in total. The predicted molar refractivity (Wildman–Crippen MR) is 274 cm³/mol. The van der Waals surface area contributed by atoms with E-state index in [-0.39, 0.29) is 98.2 Å². The van der Waals surface area contributed by atoms with E-state index in [1.807, 2.05) is 0 Å². The van der Waals surface area contributed by atoms with Crippen molar-refractivity contribution in [2.75, 3.05) is 162 Å². The fraction of sp³-hybridized carbons (Fsp3) is 0.565. The molecule has 4 aromatic rings. The van der Waals surface area contributed by atoms with Crippen LogP contribution in [0.3, 0.4) is 0 Å². The van der Waals surface area contributed by atoms with Crippen molar-refractivity contribution in [2.45, 2.75) is 38.5 Å². The molecule has 388 valence electrons. The highest BCUT2D eigenvalue weighted by Crippen LogP contribution is 2.42. The molecule has 2 saturated heterocycles. The van der Waals surface area contributed by atoms with Crippen LogP contribution < -0.4 is 40.9 Å². The van der Waals surface area contributed by atoms with Crippen molar-refractivity contribution in [3.8, 4) is 11.5 Å². The van der Waals surface area contributed by atoms with E-state index in [9.17, 15) is 40.2 Å². The number of aromatic hydroxyl groups is 2. The third kappa shape index (κ3) is 14.0. The van der Waals surface area contributed by atoms with Gasteiger partial charge in [0.25, 0.3) is 0 Å². The lowest BCUT2D eigenvalue weighted by Crippen LogP contribution is -2.36. The number of halogens is 2. The average molecular weight is 1020 g/mol. The zero-order valence-corrected chi connectivity index (χ0v) is 41.1. The molecule has 0 bridgehead atoms. The highest BCUT2D eigenvalue weighted by molar-refractivity contribution is 6.33. The van der Waals surface area contributed by atoms with Gasteiger partial charge in [-0.05, 0) is 62.8 Å². The Hall–Kier alpha value is -5.14. The Kier molecular flexibility index (Phi) is 24.0. The molecule has 2 aromatic carbocycles. The van der Waals surface area contributed by atoms with Gasteiger partial charge in [0.1, 0.15) is 22.5 Å². The van der Waals surface area contributed by atoms with Crippen molar-refractivity contribution in [3.05, 3.63) is 46.5 Å². The van der Waals surface area contributed by atoms with Crippen LogP contribution in [0, 0.1) is 0 Å². The number of hydrogen-bond donors (Lipinski definition) is 12. The molecule has 22 nitrogen and oxygen atoms in total. The molecule has 70 heavy (non-hydrogen) atoms. The molecule has 0 atom stereocenters. The summed E-state index contributed by atoms with van der Waals surface area (Å²) in [6, 6.07) is 5.74. The number of ketones is 2. The summed E-state index contributed by atoms with van der Waals surface area (Å²) in [7, 11) is 0. The lowest BCUT2D eigenvalue weighted by Gasteiger charge is -2.33. The fourth-order valence-electron chi connectivity index (χ4n) is 8.64. The van der Waals surface area contributed by atoms with Gasteiger partial charge in [0, 0.05) is 103 Å². The minimum Gasteiger partial charge on any atom is -0.507 e. The zero-order valence-electron chi connectivity index (χ0n) is 39.5. The Labute approximate surface area is 420 Å². The van der Waals surface area contributed by atoms with Gasteiger partial charge in [-0.1, -0.05) is 0 Å². The summed E-state index contributed by atoms with van der Waals surface area (Å²) in [5, 5.41) is 89.1. The smallest absolute Gasteiger partial charge is 0.228 e. The van der Waals surface area contributed by atoms with Crippen molar-refractivity contribution in [1.29, 1.82) is 0 Å². The molecular weight excluding hydrogens is 951 g/mol. The van der Waals surface area contributed by atoms with Gasteiger partial charge in [-0.25, -0.2) is 9.97 Å². The topological polar surface area (TPSA) is 309 Å². The van der Waals surface area contributed by atoms with Crippen LogP contribution >= 0.6 is 24.8 Å². The molecule has 3 aliphatic rings. The molecule has 0 spiro atoms. The summed E-state index contributed by atoms with van der Waals surface area (Å²) in [5.74, 6) is 0.488. The molecule has 0 amide bonds. The van der Waals surface area contributed by atoms with Crippen molar-refractivity contribution >= 4 is 82.3 Å². The molecule has 2 aromatic heterocycles. The average Bonchev–Trinajstić information content (AvgIpc) is 3.36. The van der Waals surface area contributed by atoms with Crippen LogP contribution in [0.1, 0.15) is 70.4 Å². The van der Waals surface area contributed by atoms with Gasteiger partial charge in [-0.15, -0.1) is 24.8 Å². The van der Waals surface area contributed by atoms with Crippen LogP contribution in [-0.4, -0.2) is 204 Å². The van der Waals surface area contributed by atoms with Crippen molar-refractivity contribution in [3.63, 3.8) is 0 Å². The molecule has 2 aliphatic heterocycles. The number of piperidine rings is 2. The van der Waals surface area contributed by atoms with Crippen LogP contribution in [0.15, 0.2) is 24.3 Å². The second kappa shape index (κ2) is 29.3. The SMILES string of the molecule is Cl.Cl.O=C1c2c(O)ccc(O)c2C(=O)c2c(NCCNCCO)ccc(NCCNCCO)c21.OCCN(CCO)c1nc(N2CCCCC2)c2nc(N(CCO)CCO)nc(N3CCCCC3)c2n1. The number of hydrogen-bond acceptors (Lipinski definition) is 22. The predicted octanol–water partition coefficient (Wildman–Crippen LogP) is 0.687. The van der Waals surface area contributed by atoms with E-state index in [1.54, 1.807) is 21.9 Å². The number of anilines is 6. The van der Waals surface area contributed by atoms with Crippen LogP contribution in [-0.2, 0) is 0 Å². The van der Waals surface area contributed by atoms with Crippen molar-refractivity contribution < 1.29 is 50.4 Å². The van der Waals surface area contributed by atoms with Gasteiger partial charge >= 0.3 is 0 Å². The molecule has 24 heteroatoms. The number of aliphatic hydroxyl groups excluding tert-OH is 6. The van der Waals surface area contributed by atoms with E-state index < -0.39 is 11.6 Å². The summed E-state index contributed by atoms with van der Waals surface area (Å²) in [6.45, 7) is 7.19. The molecule has 0 unspecified atom stereocenters. The highest BCUT2D eigenvalue weighted by atomic mass is 35.5. The molecular formula is C46H70Cl2N12O10. The first-order chi connectivity index (χ1) is 33.2. The quantitative estimate of drug-likeness (QED) is 0.0299. The number of nitrogens with zero attached hydrogens (tertiary/aromatic N) is 8. The maximum atomic E-state index is 13.4. The standard InChI is InChI=1S/C24H40N8O4.C22H28N4O6.2ClH/c33-15-11-31(12-16-34)23-26-20-19(21(27-23)29-7-3-1-4-8-29)25-24(32(13-17-35)14-18-36)28-22(20)30-9-5-2-6-10-30;27-11-9-23-5-7-25-13-1-2-14(26-8-6-24-10-12-28)18-17(13)21(31)19-15(29)3-4-16(30)20(19)22(18)32;;/h33-36H,1-18H2;1-4,23-30H,5-12H2;2*1H. The Morgan fingerprint density at radius 2 is 0.814 bits per heavy atom. The van der Waals surface area contributed by atoms with Crippen LogP contribution in [0.5, 0.6) is 11.5 Å². The molecule has 0 saturated carbocycles. The van der Waals surface area contributed by atoms with E-state index >= 15 is 0 Å². The van der Waals surface area contributed by atoms with Gasteiger partial charge in [0.05, 0.1) is 61.9 Å². The first-order valence-electron chi connectivity index (χ1n) is 23.7. The fourth-order valence-corrected chi connectivity index (χ4v) is 8.64. The molecule has 1 aliphatic carbocycles. The Balaban J connectivity index is 0.000000298. The highest BCUT2D eigenvalue weighted by Gasteiger charge is 2.38. The number of carbonyl (C=O) groups excluding carboxylic acids is 2. The molecule has 7 rings (SSSR count). The number of fused-ring (bicyclic) bond motifs is 3. The third-order valence-electron chi connectivity index (χ3n) is 11.9. The number of phenols is 2. The van der Waals surface area contributed by atoms with Gasteiger partial charge < -0.3 is 81.7 Å². The number of phenolic OH excluding ortho intramolecular Hbond substituents is 2. The maximum Gasteiger partial charge on any atom is 0.228 e. The molecule has 4 heterocycles. The Morgan fingerprint density at radius 3 is 1.14 bits per heavy atom. The third-order valence-corrected chi connectivity index (χ3v) is 11.9. The monoisotopic (exact) mass is 1020 g/mol. The normalized spacial score (nSPS) is 14.2. The van der Waals surface area contributed by atoms with E-state index in [4.69, 9.17) is 30.1 Å². The van der Waals surface area contributed by atoms with Crippen molar-refractivity contribution in [2.24, 2.45) is 0 Å². The van der Waals surface area contributed by atoms with Gasteiger partial charge in [0.2, 0.25) is 23.5 Å². The molecule has 2 fully saturated rings. The van der Waals surface area contributed by atoms with E-state index in [1.165, 1.54) is 25.0 Å². The zero-order chi connectivity index (χ0) is 48.4. The van der Waals surface area contributed by atoms with Crippen LogP contribution in [0.2, 0.25) is 0 Å². The number of aliphatic hydroxyl groups is 6. The molecule has 0 radical (unpaired) electrons. The van der Waals surface area contributed by atoms with Crippen LogP contribution in [0.4, 0.5) is 34.9 Å². The van der Waals surface area contributed by atoms with E-state index in [0.717, 1.165) is 63.5 Å². The minimum absolute atomic E-state index is 0. The van der Waals surface area contributed by atoms with Crippen LogP contribution in [0.25, 0.3) is 11.0 Å². The first kappa shape index (κ1) is 57.4. The minimum atomic E-state index is -0.559. The lowest BCUT2D eigenvalue weighted by molar-refractivity contribution is 0.0975. The number of rotatable bonds is 24. The van der Waals surface area contributed by atoms with Gasteiger partial charge in [-0.3, -0.25) is 9.59 Å². The van der Waals surface area contributed by atoms with E-state index in [0.29, 0.717) is 99.8 Å². The summed E-state index contributed by atoms with van der Waals surface area (Å²) in [6.07, 6.45) is 6.61. The largest absolute Gasteiger partial charge is 0.507 e. The van der Waals surface area contributed by atoms with E-state index in [2.05, 4.69) is 31.1 Å². The number of carbonyl (C=O) groups is 2.